The SMILES string of the molecule is Cc1ccc2c(=O)n(CCC(N)=S)ccc2c1. The number of aromatic nitrogens is 1. The number of benzene rings is 1. The van der Waals surface area contributed by atoms with Gasteiger partial charge in [0, 0.05) is 24.5 Å². The first kappa shape index (κ1) is 11.8. The van der Waals surface area contributed by atoms with Crippen LogP contribution in [0.3, 0.4) is 0 Å². The van der Waals surface area contributed by atoms with Crippen molar-refractivity contribution in [3.05, 3.63) is 46.4 Å². The van der Waals surface area contributed by atoms with Crippen molar-refractivity contribution >= 4 is 28.0 Å². The zero-order chi connectivity index (χ0) is 12.4. The van der Waals surface area contributed by atoms with Crippen LogP contribution in [0.2, 0.25) is 0 Å². The summed E-state index contributed by atoms with van der Waals surface area (Å²) in [5.41, 5.74) is 6.60. The zero-order valence-electron chi connectivity index (χ0n) is 9.64. The highest BCUT2D eigenvalue weighted by Crippen LogP contribution is 2.11. The predicted molar refractivity (Wildman–Crippen MR) is 74.3 cm³/mol. The van der Waals surface area contributed by atoms with Gasteiger partial charge in [0.15, 0.2) is 0 Å². The lowest BCUT2D eigenvalue weighted by atomic mass is 10.1. The van der Waals surface area contributed by atoms with E-state index in [2.05, 4.69) is 0 Å². The Morgan fingerprint density at radius 3 is 2.88 bits per heavy atom. The molecule has 0 fully saturated rings. The lowest BCUT2D eigenvalue weighted by Crippen LogP contribution is -2.22. The summed E-state index contributed by atoms with van der Waals surface area (Å²) in [6.07, 6.45) is 2.34. The van der Waals surface area contributed by atoms with E-state index >= 15 is 0 Å². The number of aryl methyl sites for hydroxylation is 2. The maximum Gasteiger partial charge on any atom is 0.258 e. The van der Waals surface area contributed by atoms with Crippen LogP contribution in [-0.2, 0) is 6.54 Å². The first-order valence-electron chi connectivity index (χ1n) is 5.46. The van der Waals surface area contributed by atoms with Crippen LogP contribution in [-0.4, -0.2) is 9.56 Å². The summed E-state index contributed by atoms with van der Waals surface area (Å²) in [5, 5.41) is 1.71. The normalized spacial score (nSPS) is 10.6. The summed E-state index contributed by atoms with van der Waals surface area (Å²) >= 11 is 4.81. The molecule has 88 valence electrons. The molecule has 0 aliphatic rings. The average Bonchev–Trinajstić information content (AvgIpc) is 2.27. The van der Waals surface area contributed by atoms with Crippen molar-refractivity contribution in [1.82, 2.24) is 4.57 Å². The molecule has 1 aromatic carbocycles. The molecule has 2 rings (SSSR count). The minimum absolute atomic E-state index is 0.0127. The highest BCUT2D eigenvalue weighted by molar-refractivity contribution is 7.80. The van der Waals surface area contributed by atoms with E-state index in [1.165, 1.54) is 0 Å². The van der Waals surface area contributed by atoms with E-state index < -0.39 is 0 Å². The lowest BCUT2D eigenvalue weighted by Gasteiger charge is -2.06. The molecule has 2 N–H and O–H groups in total. The molecule has 2 aromatic rings. The second kappa shape index (κ2) is 4.67. The van der Waals surface area contributed by atoms with Crippen molar-refractivity contribution in [2.45, 2.75) is 19.9 Å². The monoisotopic (exact) mass is 246 g/mol. The molecule has 0 radical (unpaired) electrons. The second-order valence-corrected chi connectivity index (χ2v) is 4.65. The van der Waals surface area contributed by atoms with Gasteiger partial charge >= 0.3 is 0 Å². The second-order valence-electron chi connectivity index (χ2n) is 4.12. The van der Waals surface area contributed by atoms with Gasteiger partial charge in [-0.2, -0.15) is 0 Å². The fraction of sp³-hybridized carbons (Fsp3) is 0.231. The third-order valence-corrected chi connectivity index (χ3v) is 2.94. The van der Waals surface area contributed by atoms with Crippen LogP contribution in [0.4, 0.5) is 0 Å². The van der Waals surface area contributed by atoms with Crippen molar-refractivity contribution < 1.29 is 0 Å². The van der Waals surface area contributed by atoms with Crippen molar-refractivity contribution in [3.8, 4) is 0 Å². The van der Waals surface area contributed by atoms with Gasteiger partial charge < -0.3 is 10.3 Å². The van der Waals surface area contributed by atoms with E-state index in [1.54, 1.807) is 10.8 Å². The Labute approximate surface area is 105 Å². The molecule has 1 heterocycles. The summed E-state index contributed by atoms with van der Waals surface area (Å²) in [6.45, 7) is 2.55. The van der Waals surface area contributed by atoms with Gasteiger partial charge in [-0.1, -0.05) is 29.9 Å². The molecule has 0 bridgehead atoms. The highest BCUT2D eigenvalue weighted by atomic mass is 32.1. The smallest absolute Gasteiger partial charge is 0.258 e. The van der Waals surface area contributed by atoms with Gasteiger partial charge in [0.1, 0.15) is 0 Å². The first-order chi connectivity index (χ1) is 8.08. The van der Waals surface area contributed by atoms with Crippen LogP contribution < -0.4 is 11.3 Å². The van der Waals surface area contributed by atoms with Gasteiger partial charge in [-0.3, -0.25) is 4.79 Å². The summed E-state index contributed by atoms with van der Waals surface area (Å²) in [4.78, 5) is 12.6. The summed E-state index contributed by atoms with van der Waals surface area (Å²) in [5.74, 6) is 0. The average molecular weight is 246 g/mol. The number of hydrogen-bond donors (Lipinski definition) is 1. The Bertz CT molecular complexity index is 631. The van der Waals surface area contributed by atoms with Crippen molar-refractivity contribution in [2.24, 2.45) is 5.73 Å². The molecule has 1 aromatic heterocycles. The number of fused-ring (bicyclic) bond motifs is 1. The van der Waals surface area contributed by atoms with E-state index in [4.69, 9.17) is 18.0 Å². The van der Waals surface area contributed by atoms with Crippen LogP contribution in [0.1, 0.15) is 12.0 Å². The minimum Gasteiger partial charge on any atom is -0.393 e. The molecule has 0 spiro atoms. The Morgan fingerprint density at radius 1 is 1.41 bits per heavy atom. The Kier molecular flexibility index (Phi) is 3.24. The quantitative estimate of drug-likeness (QED) is 0.842. The Hall–Kier alpha value is -1.68. The maximum atomic E-state index is 12.1. The molecule has 0 saturated carbocycles. The van der Waals surface area contributed by atoms with Gasteiger partial charge in [0.05, 0.1) is 4.99 Å². The van der Waals surface area contributed by atoms with E-state index in [9.17, 15) is 4.79 Å². The van der Waals surface area contributed by atoms with Gasteiger partial charge in [-0.15, -0.1) is 0 Å². The molecule has 0 atom stereocenters. The largest absolute Gasteiger partial charge is 0.393 e. The van der Waals surface area contributed by atoms with Crippen LogP contribution in [0.25, 0.3) is 10.8 Å². The fourth-order valence-corrected chi connectivity index (χ4v) is 1.91. The summed E-state index contributed by atoms with van der Waals surface area (Å²) in [6, 6.07) is 7.77. The highest BCUT2D eigenvalue weighted by Gasteiger charge is 2.02. The lowest BCUT2D eigenvalue weighted by molar-refractivity contribution is 0.702. The van der Waals surface area contributed by atoms with E-state index in [0.29, 0.717) is 18.0 Å². The maximum absolute atomic E-state index is 12.1. The van der Waals surface area contributed by atoms with Gasteiger partial charge in [0.25, 0.3) is 5.56 Å². The molecule has 17 heavy (non-hydrogen) atoms. The van der Waals surface area contributed by atoms with Crippen LogP contribution in [0.15, 0.2) is 35.3 Å². The molecule has 0 aliphatic carbocycles. The van der Waals surface area contributed by atoms with Crippen LogP contribution in [0.5, 0.6) is 0 Å². The zero-order valence-corrected chi connectivity index (χ0v) is 10.5. The molecule has 0 aliphatic heterocycles. The standard InChI is InChI=1S/C13H14N2OS/c1-9-2-3-11-10(8-9)4-6-15(13(11)16)7-5-12(14)17/h2-4,6,8H,5,7H2,1H3,(H2,14,17). The van der Waals surface area contributed by atoms with E-state index in [-0.39, 0.29) is 5.56 Å². The molecule has 4 heteroatoms. The topological polar surface area (TPSA) is 48.0 Å². The van der Waals surface area contributed by atoms with Crippen molar-refractivity contribution in [2.75, 3.05) is 0 Å². The molecular weight excluding hydrogens is 232 g/mol. The molecule has 0 unspecified atom stereocenters. The molecule has 0 saturated heterocycles. The summed E-state index contributed by atoms with van der Waals surface area (Å²) < 4.78 is 1.65. The van der Waals surface area contributed by atoms with Crippen molar-refractivity contribution in [1.29, 1.82) is 0 Å². The van der Waals surface area contributed by atoms with Crippen molar-refractivity contribution in [3.63, 3.8) is 0 Å². The molecule has 0 amide bonds. The number of thiocarbonyl (C=S) groups is 1. The van der Waals surface area contributed by atoms with E-state index in [1.807, 2.05) is 31.2 Å². The Balaban J connectivity index is 2.47. The van der Waals surface area contributed by atoms with Crippen LogP contribution >= 0.6 is 12.2 Å². The number of rotatable bonds is 3. The summed E-state index contributed by atoms with van der Waals surface area (Å²) in [7, 11) is 0. The third kappa shape index (κ3) is 2.53. The number of nitrogens with two attached hydrogens (primary N) is 1. The number of nitrogens with zero attached hydrogens (tertiary/aromatic N) is 1. The fourth-order valence-electron chi connectivity index (χ4n) is 1.81. The predicted octanol–water partition coefficient (Wildman–Crippen LogP) is 1.99. The van der Waals surface area contributed by atoms with Crippen LogP contribution in [0, 0.1) is 6.92 Å². The Morgan fingerprint density at radius 2 is 2.18 bits per heavy atom. The third-order valence-electron chi connectivity index (χ3n) is 2.73. The molecule has 3 nitrogen and oxygen atoms in total. The van der Waals surface area contributed by atoms with E-state index in [0.717, 1.165) is 16.3 Å². The minimum atomic E-state index is 0.0127. The van der Waals surface area contributed by atoms with Gasteiger partial charge in [-0.25, -0.2) is 0 Å². The van der Waals surface area contributed by atoms with Gasteiger partial charge in [0.2, 0.25) is 0 Å². The van der Waals surface area contributed by atoms with Gasteiger partial charge in [-0.05, 0) is 24.4 Å². The first-order valence-corrected chi connectivity index (χ1v) is 5.87. The number of hydrogen-bond acceptors (Lipinski definition) is 2. The molecular formula is C13H14N2OS. The number of pyridine rings is 1.